The number of rotatable bonds is 3. The molecule has 0 spiro atoms. The van der Waals surface area contributed by atoms with E-state index in [9.17, 15) is 4.79 Å². The zero-order valence-electron chi connectivity index (χ0n) is 15.9. The van der Waals surface area contributed by atoms with Gasteiger partial charge in [-0.25, -0.2) is 9.97 Å². The Balaban J connectivity index is 1.33. The van der Waals surface area contributed by atoms with E-state index in [0.29, 0.717) is 12.5 Å². The van der Waals surface area contributed by atoms with Crippen LogP contribution in [-0.2, 0) is 17.8 Å². The first kappa shape index (κ1) is 17.7. The van der Waals surface area contributed by atoms with E-state index in [1.807, 2.05) is 11.1 Å². The number of hydrogen-bond acceptors (Lipinski definition) is 4. The Bertz CT molecular complexity index is 679. The van der Waals surface area contributed by atoms with Gasteiger partial charge in [0.15, 0.2) is 0 Å². The summed E-state index contributed by atoms with van der Waals surface area (Å²) in [5, 5.41) is 0. The minimum Gasteiger partial charge on any atom is -0.338 e. The van der Waals surface area contributed by atoms with Gasteiger partial charge < -0.3 is 9.80 Å². The fourth-order valence-corrected chi connectivity index (χ4v) is 4.56. The summed E-state index contributed by atoms with van der Waals surface area (Å²) in [5.74, 6) is 2.51. The molecule has 5 heteroatoms. The van der Waals surface area contributed by atoms with Crippen LogP contribution in [0.15, 0.2) is 18.3 Å². The van der Waals surface area contributed by atoms with Gasteiger partial charge in [0.1, 0.15) is 5.82 Å². The second kappa shape index (κ2) is 7.87. The van der Waals surface area contributed by atoms with Gasteiger partial charge in [0, 0.05) is 50.7 Å². The van der Waals surface area contributed by atoms with Gasteiger partial charge in [-0.15, -0.1) is 0 Å². The molecule has 140 valence electrons. The molecule has 0 unspecified atom stereocenters. The molecule has 1 aromatic heterocycles. The first-order chi connectivity index (χ1) is 12.7. The summed E-state index contributed by atoms with van der Waals surface area (Å²) < 4.78 is 0. The maximum atomic E-state index is 11.6. The molecule has 1 atom stereocenters. The lowest BCUT2D eigenvalue weighted by atomic mass is 9.91. The molecule has 0 aromatic carbocycles. The highest BCUT2D eigenvalue weighted by molar-refractivity contribution is 5.73. The second-order valence-electron chi connectivity index (χ2n) is 8.12. The summed E-state index contributed by atoms with van der Waals surface area (Å²) in [6, 6.07) is 0. The Morgan fingerprint density at radius 1 is 1.19 bits per heavy atom. The molecule has 5 nitrogen and oxygen atoms in total. The van der Waals surface area contributed by atoms with Crippen LogP contribution in [0.4, 0.5) is 0 Å². The molecule has 0 bridgehead atoms. The van der Waals surface area contributed by atoms with Crippen LogP contribution < -0.4 is 0 Å². The number of fused-ring (bicyclic) bond motifs is 1. The van der Waals surface area contributed by atoms with Gasteiger partial charge in [-0.3, -0.25) is 4.79 Å². The minimum absolute atomic E-state index is 0.139. The zero-order chi connectivity index (χ0) is 17.9. The summed E-state index contributed by atoms with van der Waals surface area (Å²) >= 11 is 0. The van der Waals surface area contributed by atoms with Crippen LogP contribution in [-0.4, -0.2) is 51.9 Å². The first-order valence-corrected chi connectivity index (χ1v) is 10.2. The monoisotopic (exact) mass is 354 g/mol. The van der Waals surface area contributed by atoms with Crippen LogP contribution in [0, 0.1) is 5.92 Å². The number of likely N-dealkylation sites (tertiary alicyclic amines) is 1. The lowest BCUT2D eigenvalue weighted by Crippen LogP contribution is -2.37. The summed E-state index contributed by atoms with van der Waals surface area (Å²) in [7, 11) is 0. The third-order valence-electron chi connectivity index (χ3n) is 6.24. The predicted molar refractivity (Wildman–Crippen MR) is 102 cm³/mol. The van der Waals surface area contributed by atoms with Crippen molar-refractivity contribution in [3.63, 3.8) is 0 Å². The number of hydrogen-bond donors (Lipinski definition) is 0. The molecule has 2 aliphatic heterocycles. The Morgan fingerprint density at radius 3 is 2.77 bits per heavy atom. The van der Waals surface area contributed by atoms with Crippen molar-refractivity contribution in [1.29, 1.82) is 0 Å². The molecule has 0 radical (unpaired) electrons. The molecule has 1 aromatic rings. The SMILES string of the molecule is CC(=O)N1CCc2nc(C3CCN(C[C@@H]4CC=CCC4)CC3)ncc2C1. The Kier molecular flexibility index (Phi) is 5.34. The minimum atomic E-state index is 0.139. The number of piperidine rings is 1. The zero-order valence-corrected chi connectivity index (χ0v) is 15.9. The second-order valence-corrected chi connectivity index (χ2v) is 8.12. The van der Waals surface area contributed by atoms with Crippen molar-refractivity contribution in [2.45, 2.75) is 57.9 Å². The highest BCUT2D eigenvalue weighted by atomic mass is 16.2. The van der Waals surface area contributed by atoms with Crippen LogP contribution in [0.2, 0.25) is 0 Å². The van der Waals surface area contributed by atoms with Crippen LogP contribution >= 0.6 is 0 Å². The van der Waals surface area contributed by atoms with E-state index in [1.54, 1.807) is 6.92 Å². The Hall–Kier alpha value is -1.75. The molecule has 1 fully saturated rings. The Labute approximate surface area is 156 Å². The smallest absolute Gasteiger partial charge is 0.219 e. The van der Waals surface area contributed by atoms with Crippen molar-refractivity contribution in [2.24, 2.45) is 5.92 Å². The number of carbonyl (C=O) groups is 1. The van der Waals surface area contributed by atoms with Gasteiger partial charge in [0.25, 0.3) is 0 Å². The topological polar surface area (TPSA) is 49.3 Å². The first-order valence-electron chi connectivity index (χ1n) is 10.2. The van der Waals surface area contributed by atoms with E-state index in [2.05, 4.69) is 22.0 Å². The van der Waals surface area contributed by atoms with E-state index in [0.717, 1.165) is 36.0 Å². The Morgan fingerprint density at radius 2 is 2.04 bits per heavy atom. The van der Waals surface area contributed by atoms with Crippen molar-refractivity contribution in [3.05, 3.63) is 35.4 Å². The van der Waals surface area contributed by atoms with Gasteiger partial charge in [-0.05, 0) is 51.1 Å². The van der Waals surface area contributed by atoms with Crippen molar-refractivity contribution < 1.29 is 4.79 Å². The molecule has 1 amide bonds. The lowest BCUT2D eigenvalue weighted by Gasteiger charge is -2.34. The highest BCUT2D eigenvalue weighted by Crippen LogP contribution is 2.29. The number of nitrogens with zero attached hydrogens (tertiary/aromatic N) is 4. The van der Waals surface area contributed by atoms with Crippen molar-refractivity contribution in [1.82, 2.24) is 19.8 Å². The molecule has 1 aliphatic carbocycles. The van der Waals surface area contributed by atoms with E-state index in [1.165, 1.54) is 51.7 Å². The molecular weight excluding hydrogens is 324 g/mol. The predicted octanol–water partition coefficient (Wildman–Crippen LogP) is 2.92. The van der Waals surface area contributed by atoms with Crippen molar-refractivity contribution >= 4 is 5.91 Å². The quantitative estimate of drug-likeness (QED) is 0.783. The maximum Gasteiger partial charge on any atom is 0.219 e. The number of allylic oxidation sites excluding steroid dienone is 2. The molecule has 4 rings (SSSR count). The van der Waals surface area contributed by atoms with Crippen molar-refractivity contribution in [3.8, 4) is 0 Å². The number of aromatic nitrogens is 2. The van der Waals surface area contributed by atoms with Crippen LogP contribution in [0.1, 0.15) is 62.0 Å². The fourth-order valence-electron chi connectivity index (χ4n) is 4.56. The third-order valence-corrected chi connectivity index (χ3v) is 6.24. The van der Waals surface area contributed by atoms with Gasteiger partial charge in [-0.2, -0.15) is 0 Å². The highest BCUT2D eigenvalue weighted by Gasteiger charge is 2.26. The molecule has 3 heterocycles. The molecule has 0 saturated carbocycles. The molecular formula is C21H30N4O. The molecule has 3 aliphatic rings. The number of amides is 1. The van der Waals surface area contributed by atoms with E-state index >= 15 is 0 Å². The normalized spacial score (nSPS) is 24.5. The average molecular weight is 354 g/mol. The van der Waals surface area contributed by atoms with Crippen LogP contribution in [0.3, 0.4) is 0 Å². The van der Waals surface area contributed by atoms with Crippen LogP contribution in [0.25, 0.3) is 0 Å². The van der Waals surface area contributed by atoms with Gasteiger partial charge in [0.05, 0.1) is 5.69 Å². The molecule has 26 heavy (non-hydrogen) atoms. The molecule has 0 N–H and O–H groups in total. The summed E-state index contributed by atoms with van der Waals surface area (Å²) in [6.07, 6.45) is 13.7. The summed E-state index contributed by atoms with van der Waals surface area (Å²) in [5.41, 5.74) is 2.28. The van der Waals surface area contributed by atoms with E-state index < -0.39 is 0 Å². The van der Waals surface area contributed by atoms with Gasteiger partial charge in [0.2, 0.25) is 5.91 Å². The van der Waals surface area contributed by atoms with Crippen LogP contribution in [0.5, 0.6) is 0 Å². The van der Waals surface area contributed by atoms with Crippen molar-refractivity contribution in [2.75, 3.05) is 26.2 Å². The summed E-state index contributed by atoms with van der Waals surface area (Å²) in [4.78, 5) is 25.7. The van der Waals surface area contributed by atoms with Gasteiger partial charge in [-0.1, -0.05) is 12.2 Å². The number of carbonyl (C=O) groups excluding carboxylic acids is 1. The fraction of sp³-hybridized carbons (Fsp3) is 0.667. The third kappa shape index (κ3) is 3.98. The van der Waals surface area contributed by atoms with E-state index in [4.69, 9.17) is 4.98 Å². The standard InChI is InChI=1S/C21H30N4O/c1-16(26)25-12-9-20-19(15-25)13-22-21(23-20)18-7-10-24(11-8-18)14-17-5-3-2-4-6-17/h2-3,13,17-18H,4-12,14-15H2,1H3/t17-/m1/s1. The van der Waals surface area contributed by atoms with Gasteiger partial charge >= 0.3 is 0 Å². The maximum absolute atomic E-state index is 11.6. The summed E-state index contributed by atoms with van der Waals surface area (Å²) in [6.45, 7) is 6.68. The largest absolute Gasteiger partial charge is 0.338 e. The van der Waals surface area contributed by atoms with E-state index in [-0.39, 0.29) is 5.91 Å². The molecule has 1 saturated heterocycles. The average Bonchev–Trinajstić information content (AvgIpc) is 2.68. The lowest BCUT2D eigenvalue weighted by molar-refractivity contribution is -0.129.